The second-order valence-electron chi connectivity index (χ2n) is 3.71. The van der Waals surface area contributed by atoms with Gasteiger partial charge in [-0.3, -0.25) is 0 Å². The van der Waals surface area contributed by atoms with Crippen LogP contribution in [0.1, 0.15) is 30.9 Å². The fourth-order valence-corrected chi connectivity index (χ4v) is 1.91. The van der Waals surface area contributed by atoms with E-state index in [-0.39, 0.29) is 6.04 Å². The van der Waals surface area contributed by atoms with Gasteiger partial charge in [0.25, 0.3) is 0 Å². The van der Waals surface area contributed by atoms with Crippen LogP contribution in [0.4, 0.5) is 8.78 Å². The van der Waals surface area contributed by atoms with Crippen molar-refractivity contribution in [3.63, 3.8) is 0 Å². The van der Waals surface area contributed by atoms with Crippen LogP contribution in [0.25, 0.3) is 0 Å². The van der Waals surface area contributed by atoms with Gasteiger partial charge in [0.2, 0.25) is 0 Å². The van der Waals surface area contributed by atoms with Crippen LogP contribution in [0.2, 0.25) is 0 Å². The van der Waals surface area contributed by atoms with Crippen LogP contribution in [0.15, 0.2) is 18.2 Å². The van der Waals surface area contributed by atoms with Crippen molar-refractivity contribution in [1.82, 2.24) is 5.32 Å². The van der Waals surface area contributed by atoms with Gasteiger partial charge in [0.05, 0.1) is 0 Å². The summed E-state index contributed by atoms with van der Waals surface area (Å²) in [6.07, 6.45) is 3.23. The Labute approximate surface area is 82.1 Å². The summed E-state index contributed by atoms with van der Waals surface area (Å²) < 4.78 is 25.8. The molecule has 76 valence electrons. The zero-order valence-electron chi connectivity index (χ0n) is 7.89. The van der Waals surface area contributed by atoms with Crippen LogP contribution in [-0.4, -0.2) is 6.54 Å². The smallest absolute Gasteiger partial charge is 0.126 e. The molecule has 3 heteroatoms. The Morgan fingerprint density at radius 3 is 2.36 bits per heavy atom. The molecule has 0 aliphatic carbocycles. The minimum atomic E-state index is -0.493. The summed E-state index contributed by atoms with van der Waals surface area (Å²) >= 11 is 0. The van der Waals surface area contributed by atoms with Crippen LogP contribution in [-0.2, 0) is 0 Å². The maximum atomic E-state index is 12.9. The molecule has 1 fully saturated rings. The average Bonchev–Trinajstić information content (AvgIpc) is 2.18. The zero-order valence-corrected chi connectivity index (χ0v) is 7.89. The third-order valence-corrected chi connectivity index (χ3v) is 2.60. The molecule has 0 bridgehead atoms. The normalized spacial score (nSPS) is 22.3. The maximum Gasteiger partial charge on any atom is 0.126 e. The highest BCUT2D eigenvalue weighted by atomic mass is 19.1. The Morgan fingerprint density at radius 1 is 1.07 bits per heavy atom. The first-order valence-corrected chi connectivity index (χ1v) is 4.95. The first-order chi connectivity index (χ1) is 6.75. The number of hydrogen-bond donors (Lipinski definition) is 1. The second-order valence-corrected chi connectivity index (χ2v) is 3.71. The van der Waals surface area contributed by atoms with E-state index in [0.29, 0.717) is 0 Å². The van der Waals surface area contributed by atoms with Crippen molar-refractivity contribution in [2.24, 2.45) is 0 Å². The Morgan fingerprint density at radius 2 is 1.79 bits per heavy atom. The highest BCUT2D eigenvalue weighted by molar-refractivity contribution is 5.21. The number of halogens is 2. The van der Waals surface area contributed by atoms with Crippen molar-refractivity contribution in [3.05, 3.63) is 35.4 Å². The van der Waals surface area contributed by atoms with Crippen molar-refractivity contribution < 1.29 is 8.78 Å². The average molecular weight is 197 g/mol. The van der Waals surface area contributed by atoms with Gasteiger partial charge in [0.1, 0.15) is 11.6 Å². The van der Waals surface area contributed by atoms with Gasteiger partial charge in [-0.15, -0.1) is 0 Å². The van der Waals surface area contributed by atoms with Crippen LogP contribution >= 0.6 is 0 Å². The van der Waals surface area contributed by atoms with Crippen molar-refractivity contribution in [2.45, 2.75) is 25.3 Å². The van der Waals surface area contributed by atoms with E-state index in [2.05, 4.69) is 5.32 Å². The molecule has 0 saturated carbocycles. The van der Waals surface area contributed by atoms with E-state index in [1.54, 1.807) is 0 Å². The van der Waals surface area contributed by atoms with Gasteiger partial charge in [-0.2, -0.15) is 0 Å². The predicted octanol–water partition coefficient (Wildman–Crippen LogP) is 2.78. The maximum absolute atomic E-state index is 12.9. The quantitative estimate of drug-likeness (QED) is 0.730. The van der Waals surface area contributed by atoms with Crippen LogP contribution < -0.4 is 5.32 Å². The highest BCUT2D eigenvalue weighted by Crippen LogP contribution is 2.24. The van der Waals surface area contributed by atoms with E-state index < -0.39 is 11.6 Å². The van der Waals surface area contributed by atoms with Gasteiger partial charge >= 0.3 is 0 Å². The molecule has 0 aromatic heterocycles. The summed E-state index contributed by atoms with van der Waals surface area (Å²) in [4.78, 5) is 0. The van der Waals surface area contributed by atoms with E-state index >= 15 is 0 Å². The second kappa shape index (κ2) is 4.05. The summed E-state index contributed by atoms with van der Waals surface area (Å²) in [6.45, 7) is 0.933. The molecule has 0 amide bonds. The number of piperidine rings is 1. The van der Waals surface area contributed by atoms with Crippen molar-refractivity contribution in [2.75, 3.05) is 6.54 Å². The highest BCUT2D eigenvalue weighted by Gasteiger charge is 2.15. The molecule has 1 aliphatic heterocycles. The van der Waals surface area contributed by atoms with Crippen molar-refractivity contribution >= 4 is 0 Å². The first-order valence-electron chi connectivity index (χ1n) is 4.95. The molecule has 1 nitrogen and oxygen atoms in total. The summed E-state index contributed by atoms with van der Waals surface area (Å²) in [6, 6.07) is 3.85. The minimum absolute atomic E-state index is 0.119. The molecule has 2 rings (SSSR count). The van der Waals surface area contributed by atoms with Crippen LogP contribution in [0.3, 0.4) is 0 Å². The van der Waals surface area contributed by atoms with Gasteiger partial charge in [-0.05, 0) is 37.1 Å². The fraction of sp³-hybridized carbons (Fsp3) is 0.455. The monoisotopic (exact) mass is 197 g/mol. The van der Waals surface area contributed by atoms with Crippen LogP contribution in [0.5, 0.6) is 0 Å². The lowest BCUT2D eigenvalue weighted by Crippen LogP contribution is -2.26. The molecule has 1 N–H and O–H groups in total. The van der Waals surface area contributed by atoms with Gasteiger partial charge in [0.15, 0.2) is 0 Å². The topological polar surface area (TPSA) is 12.0 Å². The molecule has 1 atom stereocenters. The first kappa shape index (κ1) is 9.59. The van der Waals surface area contributed by atoms with Crippen molar-refractivity contribution in [3.8, 4) is 0 Å². The zero-order chi connectivity index (χ0) is 9.97. The summed E-state index contributed by atoms with van der Waals surface area (Å²) in [5, 5.41) is 3.26. The van der Waals surface area contributed by atoms with Crippen LogP contribution in [0, 0.1) is 11.6 Å². The SMILES string of the molecule is Fc1cc(F)cc(C2CCCCN2)c1. The molecule has 1 saturated heterocycles. The van der Waals surface area contributed by atoms with E-state index in [1.165, 1.54) is 12.1 Å². The Hall–Kier alpha value is -0.960. The molecule has 1 aromatic rings. The Balaban J connectivity index is 2.21. The van der Waals surface area contributed by atoms with Gasteiger partial charge in [-0.1, -0.05) is 6.42 Å². The fourth-order valence-electron chi connectivity index (χ4n) is 1.91. The number of hydrogen-bond acceptors (Lipinski definition) is 1. The van der Waals surface area contributed by atoms with E-state index in [1.807, 2.05) is 0 Å². The lowest BCUT2D eigenvalue weighted by atomic mass is 9.97. The molecule has 14 heavy (non-hydrogen) atoms. The molecule has 0 radical (unpaired) electrons. The predicted molar refractivity (Wildman–Crippen MR) is 51.0 cm³/mol. The molecule has 1 aliphatic rings. The standard InChI is InChI=1S/C11H13F2N/c12-9-5-8(6-10(13)7-9)11-3-1-2-4-14-11/h5-7,11,14H,1-4H2. The number of benzene rings is 1. The van der Waals surface area contributed by atoms with Gasteiger partial charge in [-0.25, -0.2) is 8.78 Å². The Kier molecular flexibility index (Phi) is 2.77. The van der Waals surface area contributed by atoms with Gasteiger partial charge < -0.3 is 5.32 Å². The molecule has 1 heterocycles. The summed E-state index contributed by atoms with van der Waals surface area (Å²) in [5.74, 6) is -0.986. The minimum Gasteiger partial charge on any atom is -0.310 e. The number of nitrogens with one attached hydrogen (secondary N) is 1. The number of rotatable bonds is 1. The lowest BCUT2D eigenvalue weighted by molar-refractivity contribution is 0.409. The molecule has 1 aromatic carbocycles. The molecular formula is C11H13F2N. The Bertz CT molecular complexity index is 299. The van der Waals surface area contributed by atoms with E-state index in [4.69, 9.17) is 0 Å². The third kappa shape index (κ3) is 2.10. The van der Waals surface area contributed by atoms with E-state index in [0.717, 1.165) is 37.4 Å². The molecule has 1 unspecified atom stereocenters. The summed E-state index contributed by atoms with van der Waals surface area (Å²) in [5.41, 5.74) is 0.724. The third-order valence-electron chi connectivity index (χ3n) is 2.60. The van der Waals surface area contributed by atoms with Crippen molar-refractivity contribution in [1.29, 1.82) is 0 Å². The lowest BCUT2D eigenvalue weighted by Gasteiger charge is -2.23. The molecule has 0 spiro atoms. The largest absolute Gasteiger partial charge is 0.310 e. The van der Waals surface area contributed by atoms with E-state index in [9.17, 15) is 8.78 Å². The molecular weight excluding hydrogens is 184 g/mol. The van der Waals surface area contributed by atoms with Gasteiger partial charge in [0, 0.05) is 12.1 Å². The summed E-state index contributed by atoms with van der Waals surface area (Å²) in [7, 11) is 0.